The number of likely N-dealkylation sites (tertiary alicyclic amines) is 1. The van der Waals surface area contributed by atoms with Crippen LogP contribution in [0.3, 0.4) is 0 Å². The van der Waals surface area contributed by atoms with Crippen LogP contribution in [0.2, 0.25) is 0 Å². The minimum Gasteiger partial charge on any atom is -0.444 e. The SMILES string of the molecule is CC(C)(C)OC(=O)NC(C)(C)C(=O)N[C@H](Cc1c[nH]c2ccccc12)C(=O)N1CCC2(CC1)CNc1ccc(F)cc12. The number of aromatic nitrogens is 1. The molecule has 0 bridgehead atoms. The number of piperidine rings is 1. The van der Waals surface area contributed by atoms with Gasteiger partial charge in [-0.2, -0.15) is 0 Å². The number of nitrogens with zero attached hydrogens (tertiary/aromatic N) is 1. The van der Waals surface area contributed by atoms with Gasteiger partial charge in [-0.15, -0.1) is 0 Å². The van der Waals surface area contributed by atoms with E-state index >= 15 is 0 Å². The summed E-state index contributed by atoms with van der Waals surface area (Å²) in [5, 5.41) is 9.94. The number of alkyl carbamates (subject to hydrolysis) is 1. The number of amides is 3. The second-order valence-corrected chi connectivity index (χ2v) is 13.0. The van der Waals surface area contributed by atoms with Crippen LogP contribution in [0, 0.1) is 5.82 Å². The number of hydrogen-bond donors (Lipinski definition) is 4. The van der Waals surface area contributed by atoms with Gasteiger partial charge in [0.05, 0.1) is 0 Å². The molecule has 42 heavy (non-hydrogen) atoms. The second kappa shape index (κ2) is 11.0. The first-order valence-corrected chi connectivity index (χ1v) is 14.5. The lowest BCUT2D eigenvalue weighted by Crippen LogP contribution is -2.60. The molecule has 1 spiro atoms. The summed E-state index contributed by atoms with van der Waals surface area (Å²) in [7, 11) is 0. The average molecular weight is 578 g/mol. The van der Waals surface area contributed by atoms with E-state index in [9.17, 15) is 18.8 Å². The van der Waals surface area contributed by atoms with Gasteiger partial charge < -0.3 is 30.6 Å². The first-order valence-electron chi connectivity index (χ1n) is 14.5. The van der Waals surface area contributed by atoms with Crippen molar-refractivity contribution in [1.82, 2.24) is 20.5 Å². The highest BCUT2D eigenvalue weighted by Crippen LogP contribution is 2.44. The van der Waals surface area contributed by atoms with E-state index in [0.29, 0.717) is 32.5 Å². The number of ether oxygens (including phenoxy) is 1. The normalized spacial score (nSPS) is 17.0. The molecular weight excluding hydrogens is 537 g/mol. The second-order valence-electron chi connectivity index (χ2n) is 13.0. The summed E-state index contributed by atoms with van der Waals surface area (Å²) < 4.78 is 19.5. The molecule has 2 aliphatic heterocycles. The van der Waals surface area contributed by atoms with Crippen LogP contribution in [-0.4, -0.2) is 64.6 Å². The lowest BCUT2D eigenvalue weighted by molar-refractivity contribution is -0.139. The summed E-state index contributed by atoms with van der Waals surface area (Å²) in [6.45, 7) is 10.1. The number of para-hydroxylation sites is 1. The molecule has 1 atom stereocenters. The van der Waals surface area contributed by atoms with Crippen LogP contribution in [0.25, 0.3) is 10.9 Å². The fourth-order valence-electron chi connectivity index (χ4n) is 5.97. The molecule has 2 aliphatic rings. The number of hydrogen-bond acceptors (Lipinski definition) is 5. The smallest absolute Gasteiger partial charge is 0.408 e. The summed E-state index contributed by atoms with van der Waals surface area (Å²) in [6.07, 6.45) is 2.78. The molecule has 1 aromatic heterocycles. The third kappa shape index (κ3) is 6.07. The lowest BCUT2D eigenvalue weighted by Gasteiger charge is -2.41. The molecule has 4 N–H and O–H groups in total. The Kier molecular flexibility index (Phi) is 7.68. The maximum Gasteiger partial charge on any atom is 0.408 e. The zero-order valence-corrected chi connectivity index (χ0v) is 24.9. The zero-order valence-electron chi connectivity index (χ0n) is 24.9. The summed E-state index contributed by atoms with van der Waals surface area (Å²) in [5.74, 6) is -0.953. The third-order valence-corrected chi connectivity index (χ3v) is 8.29. The van der Waals surface area contributed by atoms with Crippen molar-refractivity contribution in [3.63, 3.8) is 0 Å². The highest BCUT2D eigenvalue weighted by Gasteiger charge is 2.44. The number of nitrogens with one attached hydrogen (secondary N) is 4. The van der Waals surface area contributed by atoms with Gasteiger partial charge in [-0.25, -0.2) is 9.18 Å². The van der Waals surface area contributed by atoms with Crippen molar-refractivity contribution < 1.29 is 23.5 Å². The number of fused-ring (bicyclic) bond motifs is 3. The molecule has 3 amide bonds. The van der Waals surface area contributed by atoms with Crippen molar-refractivity contribution in [2.75, 3.05) is 25.0 Å². The molecule has 0 unspecified atom stereocenters. The van der Waals surface area contributed by atoms with E-state index in [1.54, 1.807) is 51.7 Å². The summed E-state index contributed by atoms with van der Waals surface area (Å²) in [5.41, 5.74) is 1.46. The van der Waals surface area contributed by atoms with E-state index in [1.165, 1.54) is 6.07 Å². The molecule has 0 aliphatic carbocycles. The molecule has 1 saturated heterocycles. The highest BCUT2D eigenvalue weighted by molar-refractivity contribution is 5.94. The molecule has 10 heteroatoms. The Morgan fingerprint density at radius 2 is 1.79 bits per heavy atom. The maximum absolute atomic E-state index is 14.1. The van der Waals surface area contributed by atoms with Gasteiger partial charge in [-0.1, -0.05) is 18.2 Å². The minimum absolute atomic E-state index is 0.193. The van der Waals surface area contributed by atoms with Crippen LogP contribution in [0.1, 0.15) is 58.6 Å². The van der Waals surface area contributed by atoms with E-state index in [2.05, 4.69) is 20.9 Å². The van der Waals surface area contributed by atoms with Gasteiger partial charge in [0.15, 0.2) is 0 Å². The number of carbonyl (C=O) groups is 3. The average Bonchev–Trinajstić information content (AvgIpc) is 3.48. The van der Waals surface area contributed by atoms with E-state index in [1.807, 2.05) is 30.5 Å². The van der Waals surface area contributed by atoms with E-state index in [4.69, 9.17) is 4.74 Å². The van der Waals surface area contributed by atoms with Gasteiger partial charge in [0.2, 0.25) is 11.8 Å². The number of halogens is 1. The molecule has 3 heterocycles. The Bertz CT molecular complexity index is 1500. The molecule has 224 valence electrons. The van der Waals surface area contributed by atoms with E-state index in [0.717, 1.165) is 27.7 Å². The molecule has 1 fully saturated rings. The Morgan fingerprint density at radius 1 is 1.07 bits per heavy atom. The molecule has 3 aromatic rings. The number of anilines is 1. The molecule has 0 saturated carbocycles. The van der Waals surface area contributed by atoms with Crippen molar-refractivity contribution in [2.24, 2.45) is 0 Å². The number of aromatic amines is 1. The highest BCUT2D eigenvalue weighted by atomic mass is 19.1. The van der Waals surface area contributed by atoms with Gasteiger partial charge >= 0.3 is 6.09 Å². The van der Waals surface area contributed by atoms with Crippen LogP contribution >= 0.6 is 0 Å². The van der Waals surface area contributed by atoms with Gasteiger partial charge in [0, 0.05) is 54.3 Å². The van der Waals surface area contributed by atoms with E-state index < -0.39 is 29.2 Å². The number of benzene rings is 2. The largest absolute Gasteiger partial charge is 0.444 e. The van der Waals surface area contributed by atoms with Crippen LogP contribution in [0.15, 0.2) is 48.7 Å². The Labute approximate surface area is 245 Å². The molecule has 5 rings (SSSR count). The topological polar surface area (TPSA) is 116 Å². The van der Waals surface area contributed by atoms with Gasteiger partial charge in [0.25, 0.3) is 0 Å². The van der Waals surface area contributed by atoms with Crippen molar-refractivity contribution in [1.29, 1.82) is 0 Å². The number of H-pyrrole nitrogens is 1. The van der Waals surface area contributed by atoms with Gasteiger partial charge in [-0.05, 0) is 82.9 Å². The van der Waals surface area contributed by atoms with Crippen molar-refractivity contribution in [2.45, 2.75) is 76.5 Å². The van der Waals surface area contributed by atoms with Gasteiger partial charge in [0.1, 0.15) is 23.0 Å². The predicted octanol–water partition coefficient (Wildman–Crippen LogP) is 4.62. The first kappa shape index (κ1) is 29.4. The Morgan fingerprint density at radius 3 is 2.50 bits per heavy atom. The Hall–Kier alpha value is -4.08. The summed E-state index contributed by atoms with van der Waals surface area (Å²) in [4.78, 5) is 45.1. The zero-order chi connectivity index (χ0) is 30.3. The summed E-state index contributed by atoms with van der Waals surface area (Å²) >= 11 is 0. The third-order valence-electron chi connectivity index (χ3n) is 8.29. The van der Waals surface area contributed by atoms with Crippen molar-refractivity contribution in [3.05, 3.63) is 65.6 Å². The fraction of sp³-hybridized carbons (Fsp3) is 0.469. The monoisotopic (exact) mass is 577 g/mol. The fourth-order valence-corrected chi connectivity index (χ4v) is 5.97. The minimum atomic E-state index is -1.34. The van der Waals surface area contributed by atoms with Crippen molar-refractivity contribution >= 4 is 34.5 Å². The Balaban J connectivity index is 1.34. The predicted molar refractivity (Wildman–Crippen MR) is 160 cm³/mol. The standard InChI is InChI=1S/C32H40FN5O4/c1-30(2,3)42-29(41)37-31(4,5)28(40)36-26(16-20-18-34-24-9-7-6-8-22(20)24)27(39)38-14-12-32(13-15-38)19-35-25-11-10-21(33)17-23(25)32/h6-11,17-18,26,34-35H,12-16,19H2,1-5H3,(H,36,40)(H,37,41)/t26-/m1/s1. The number of rotatable bonds is 6. The van der Waals surface area contributed by atoms with Crippen LogP contribution < -0.4 is 16.0 Å². The number of carbonyl (C=O) groups excluding carboxylic acids is 3. The quantitative estimate of drug-likeness (QED) is 0.341. The lowest BCUT2D eigenvalue weighted by atomic mass is 9.74. The molecule has 9 nitrogen and oxygen atoms in total. The summed E-state index contributed by atoms with van der Waals surface area (Å²) in [6, 6.07) is 11.8. The van der Waals surface area contributed by atoms with Crippen molar-refractivity contribution in [3.8, 4) is 0 Å². The molecule has 2 aromatic carbocycles. The van der Waals surface area contributed by atoms with E-state index in [-0.39, 0.29) is 23.6 Å². The van der Waals surface area contributed by atoms with Crippen LogP contribution in [0.4, 0.5) is 14.9 Å². The van der Waals surface area contributed by atoms with Crippen LogP contribution in [-0.2, 0) is 26.2 Å². The molecular formula is C32H40FN5O4. The maximum atomic E-state index is 14.1. The first-order chi connectivity index (χ1) is 19.8. The molecule has 0 radical (unpaired) electrons. The van der Waals surface area contributed by atoms with Crippen LogP contribution in [0.5, 0.6) is 0 Å². The van der Waals surface area contributed by atoms with Gasteiger partial charge in [-0.3, -0.25) is 9.59 Å².